The van der Waals surface area contributed by atoms with Crippen LogP contribution in [0.3, 0.4) is 0 Å². The van der Waals surface area contributed by atoms with Crippen LogP contribution < -0.4 is 15.2 Å². The van der Waals surface area contributed by atoms with Gasteiger partial charge in [0.2, 0.25) is 5.88 Å². The van der Waals surface area contributed by atoms with Gasteiger partial charge < -0.3 is 15.2 Å². The van der Waals surface area contributed by atoms with Crippen molar-refractivity contribution in [3.8, 4) is 5.88 Å². The summed E-state index contributed by atoms with van der Waals surface area (Å²) < 4.78 is 28.7. The standard InChI is InChI=1S/C16H17FN3O4P/c1-10(18-14-8-7-12(17)9-13(14)11-5-6-11)19-15-3-2-4-16(20-15)24-25(21,22)23/h2-4,7-9,11,18H,1,5-6H2,(H,19,20)(H2,21,22,23). The van der Waals surface area contributed by atoms with Gasteiger partial charge in [0.05, 0.1) is 0 Å². The highest BCUT2D eigenvalue weighted by Gasteiger charge is 2.26. The summed E-state index contributed by atoms with van der Waals surface area (Å²) in [7, 11) is -4.68. The molecule has 1 aliphatic carbocycles. The molecule has 0 unspecified atom stereocenters. The van der Waals surface area contributed by atoms with E-state index in [1.54, 1.807) is 12.1 Å². The van der Waals surface area contributed by atoms with E-state index in [9.17, 15) is 8.96 Å². The molecule has 1 saturated carbocycles. The second-order valence-electron chi connectivity index (χ2n) is 5.68. The second kappa shape index (κ2) is 6.84. The third kappa shape index (κ3) is 5.03. The molecule has 0 amide bonds. The van der Waals surface area contributed by atoms with Crippen molar-refractivity contribution in [1.82, 2.24) is 4.98 Å². The van der Waals surface area contributed by atoms with E-state index in [4.69, 9.17) is 9.79 Å². The Bertz CT molecular complexity index is 851. The van der Waals surface area contributed by atoms with E-state index in [1.807, 2.05) is 0 Å². The first-order chi connectivity index (χ1) is 11.8. The lowest BCUT2D eigenvalue weighted by atomic mass is 10.1. The van der Waals surface area contributed by atoms with E-state index in [2.05, 4.69) is 26.7 Å². The molecular weight excluding hydrogens is 348 g/mol. The Hall–Kier alpha value is -2.41. The van der Waals surface area contributed by atoms with Crippen molar-refractivity contribution < 1.29 is 23.3 Å². The van der Waals surface area contributed by atoms with E-state index >= 15 is 0 Å². The molecule has 1 aliphatic rings. The van der Waals surface area contributed by atoms with Crippen molar-refractivity contribution in [2.24, 2.45) is 0 Å². The highest BCUT2D eigenvalue weighted by molar-refractivity contribution is 7.46. The molecule has 0 saturated heterocycles. The average molecular weight is 365 g/mol. The van der Waals surface area contributed by atoms with E-state index in [0.29, 0.717) is 17.6 Å². The van der Waals surface area contributed by atoms with E-state index in [0.717, 1.165) is 24.1 Å². The minimum Gasteiger partial charge on any atom is -0.386 e. The SMILES string of the molecule is C=C(Nc1cccc(OP(=O)(O)O)n1)Nc1ccc(F)cc1C1CC1. The van der Waals surface area contributed by atoms with Crippen molar-refractivity contribution in [3.05, 3.63) is 60.2 Å². The minimum atomic E-state index is -4.68. The average Bonchev–Trinajstić information content (AvgIpc) is 3.32. The van der Waals surface area contributed by atoms with Gasteiger partial charge in [-0.1, -0.05) is 12.6 Å². The fraction of sp³-hybridized carbons (Fsp3) is 0.188. The van der Waals surface area contributed by atoms with Crippen molar-refractivity contribution in [1.29, 1.82) is 0 Å². The fourth-order valence-corrected chi connectivity index (χ4v) is 2.73. The number of anilines is 2. The number of nitrogens with zero attached hydrogens (tertiary/aromatic N) is 1. The summed E-state index contributed by atoms with van der Waals surface area (Å²) in [6.45, 7) is 3.84. The van der Waals surface area contributed by atoms with Crippen molar-refractivity contribution in [2.75, 3.05) is 10.6 Å². The molecule has 1 heterocycles. The van der Waals surface area contributed by atoms with Gasteiger partial charge in [0.25, 0.3) is 0 Å². The molecule has 0 radical (unpaired) electrons. The lowest BCUT2D eigenvalue weighted by Gasteiger charge is -2.15. The summed E-state index contributed by atoms with van der Waals surface area (Å²) >= 11 is 0. The summed E-state index contributed by atoms with van der Waals surface area (Å²) in [5.74, 6) is 0.526. The zero-order valence-electron chi connectivity index (χ0n) is 13.1. The molecule has 0 atom stereocenters. The van der Waals surface area contributed by atoms with Gasteiger partial charge in [-0.05, 0) is 48.6 Å². The highest BCUT2D eigenvalue weighted by atomic mass is 31.2. The maximum atomic E-state index is 13.4. The Labute approximate surface area is 143 Å². The predicted molar refractivity (Wildman–Crippen MR) is 91.7 cm³/mol. The molecule has 9 heteroatoms. The zero-order valence-corrected chi connectivity index (χ0v) is 14.0. The highest BCUT2D eigenvalue weighted by Crippen LogP contribution is 2.44. The summed E-state index contributed by atoms with van der Waals surface area (Å²) in [5, 5.41) is 5.94. The van der Waals surface area contributed by atoms with Crippen LogP contribution in [0.1, 0.15) is 24.3 Å². The lowest BCUT2D eigenvalue weighted by molar-refractivity contribution is 0.279. The molecule has 1 aromatic heterocycles. The molecule has 4 N–H and O–H groups in total. The third-order valence-electron chi connectivity index (χ3n) is 3.53. The molecule has 0 spiro atoms. The number of pyridine rings is 1. The van der Waals surface area contributed by atoms with Gasteiger partial charge >= 0.3 is 7.82 Å². The molecule has 0 bridgehead atoms. The van der Waals surface area contributed by atoms with Crippen molar-refractivity contribution in [3.63, 3.8) is 0 Å². The maximum absolute atomic E-state index is 13.4. The zero-order chi connectivity index (χ0) is 18.0. The van der Waals surface area contributed by atoms with Crippen LogP contribution in [0.5, 0.6) is 5.88 Å². The van der Waals surface area contributed by atoms with Gasteiger partial charge in [0.15, 0.2) is 0 Å². The number of nitrogens with one attached hydrogen (secondary N) is 2. The quantitative estimate of drug-likeness (QED) is 0.556. The van der Waals surface area contributed by atoms with Gasteiger partial charge in [-0.25, -0.2) is 8.96 Å². The van der Waals surface area contributed by atoms with E-state index in [1.165, 1.54) is 24.3 Å². The number of rotatable bonds is 7. The number of phosphoric acid groups is 1. The van der Waals surface area contributed by atoms with Crippen molar-refractivity contribution >= 4 is 19.3 Å². The van der Waals surface area contributed by atoms with Gasteiger partial charge in [0.1, 0.15) is 17.5 Å². The third-order valence-corrected chi connectivity index (χ3v) is 3.96. The molecule has 1 fully saturated rings. The minimum absolute atomic E-state index is 0.216. The van der Waals surface area contributed by atoms with Gasteiger partial charge in [-0.3, -0.25) is 9.79 Å². The maximum Gasteiger partial charge on any atom is 0.526 e. The monoisotopic (exact) mass is 365 g/mol. The molecule has 2 aromatic rings. The van der Waals surface area contributed by atoms with Gasteiger partial charge in [-0.2, -0.15) is 4.98 Å². The van der Waals surface area contributed by atoms with E-state index < -0.39 is 7.82 Å². The lowest BCUT2D eigenvalue weighted by Crippen LogP contribution is -2.10. The number of halogens is 1. The van der Waals surface area contributed by atoms with Crippen LogP contribution in [-0.2, 0) is 4.57 Å². The number of benzene rings is 1. The first-order valence-corrected chi connectivity index (χ1v) is 9.08. The summed E-state index contributed by atoms with van der Waals surface area (Å²) in [4.78, 5) is 21.6. The molecule has 7 nitrogen and oxygen atoms in total. The summed E-state index contributed by atoms with van der Waals surface area (Å²) in [6.07, 6.45) is 2.06. The normalized spacial score (nSPS) is 14.0. The Morgan fingerprint density at radius 3 is 2.72 bits per heavy atom. The van der Waals surface area contributed by atoms with Crippen LogP contribution in [0.4, 0.5) is 15.9 Å². The Morgan fingerprint density at radius 1 is 1.28 bits per heavy atom. The summed E-state index contributed by atoms with van der Waals surface area (Å²) in [6, 6.07) is 8.98. The van der Waals surface area contributed by atoms with Gasteiger partial charge in [0, 0.05) is 11.8 Å². The van der Waals surface area contributed by atoms with E-state index in [-0.39, 0.29) is 11.7 Å². The number of hydrogen-bond acceptors (Lipinski definition) is 5. The molecule has 25 heavy (non-hydrogen) atoms. The number of aromatic nitrogens is 1. The van der Waals surface area contributed by atoms with Crippen LogP contribution >= 0.6 is 7.82 Å². The first-order valence-electron chi connectivity index (χ1n) is 7.55. The van der Waals surface area contributed by atoms with Crippen LogP contribution in [0.25, 0.3) is 0 Å². The van der Waals surface area contributed by atoms with Crippen LogP contribution in [0, 0.1) is 5.82 Å². The molecule has 132 valence electrons. The molecule has 1 aromatic carbocycles. The fourth-order valence-electron chi connectivity index (χ4n) is 2.39. The summed E-state index contributed by atoms with van der Waals surface area (Å²) in [5.41, 5.74) is 1.65. The van der Waals surface area contributed by atoms with Crippen molar-refractivity contribution in [2.45, 2.75) is 18.8 Å². The van der Waals surface area contributed by atoms with Gasteiger partial charge in [-0.15, -0.1) is 0 Å². The van der Waals surface area contributed by atoms with Crippen LogP contribution in [-0.4, -0.2) is 14.8 Å². The van der Waals surface area contributed by atoms with Crippen LogP contribution in [0.2, 0.25) is 0 Å². The molecular formula is C16H17FN3O4P. The Kier molecular flexibility index (Phi) is 4.76. The Balaban J connectivity index is 1.69. The largest absolute Gasteiger partial charge is 0.526 e. The number of hydrogen-bond donors (Lipinski definition) is 4. The first kappa shape index (κ1) is 17.4. The smallest absolute Gasteiger partial charge is 0.386 e. The number of phosphoric ester groups is 1. The Morgan fingerprint density at radius 2 is 2.04 bits per heavy atom. The predicted octanol–water partition coefficient (Wildman–Crippen LogP) is 3.56. The molecule has 0 aliphatic heterocycles. The molecule has 3 rings (SSSR count). The topological polar surface area (TPSA) is 104 Å². The van der Waals surface area contributed by atoms with Crippen LogP contribution in [0.15, 0.2) is 48.8 Å². The second-order valence-corrected chi connectivity index (χ2v) is 6.84.